The molecule has 0 aromatic heterocycles. The first-order valence-electron chi connectivity index (χ1n) is 8.60. The summed E-state index contributed by atoms with van der Waals surface area (Å²) in [5, 5.41) is 14.5. The van der Waals surface area contributed by atoms with Crippen LogP contribution in [0.15, 0.2) is 78.9 Å². The molecule has 0 radical (unpaired) electrons. The number of hydrogen-bond acceptors (Lipinski definition) is 4. The summed E-state index contributed by atoms with van der Waals surface area (Å²) < 4.78 is 0. The van der Waals surface area contributed by atoms with Crippen LogP contribution in [0.25, 0.3) is 0 Å². The zero-order valence-corrected chi connectivity index (χ0v) is 14.4. The Balaban J connectivity index is 1.73. The van der Waals surface area contributed by atoms with E-state index in [1.54, 1.807) is 11.0 Å². The fourth-order valence-corrected chi connectivity index (χ4v) is 3.32. The number of anilines is 2. The molecule has 0 aliphatic carbocycles. The topological polar surface area (TPSA) is 75.5 Å². The predicted octanol–water partition coefficient (Wildman–Crippen LogP) is 4.41. The molecule has 6 nitrogen and oxygen atoms in total. The molecule has 1 heterocycles. The molecule has 3 aromatic carbocycles. The molecule has 0 saturated carbocycles. The molecule has 1 aliphatic heterocycles. The normalized spacial score (nSPS) is 15.6. The van der Waals surface area contributed by atoms with Gasteiger partial charge in [-0.1, -0.05) is 48.5 Å². The van der Waals surface area contributed by atoms with Gasteiger partial charge in [0.05, 0.1) is 28.9 Å². The Hall–Kier alpha value is -3.67. The Bertz CT molecular complexity index is 1000. The first-order chi connectivity index (χ1) is 13.1. The van der Waals surface area contributed by atoms with Crippen molar-refractivity contribution in [2.75, 3.05) is 16.8 Å². The van der Waals surface area contributed by atoms with E-state index in [1.165, 1.54) is 18.2 Å². The predicted molar refractivity (Wildman–Crippen MR) is 104 cm³/mol. The largest absolute Gasteiger partial charge is 0.375 e. The Morgan fingerprint density at radius 1 is 1.00 bits per heavy atom. The zero-order valence-electron chi connectivity index (χ0n) is 14.4. The Kier molecular flexibility index (Phi) is 4.30. The van der Waals surface area contributed by atoms with E-state index in [-0.39, 0.29) is 17.6 Å². The molecule has 0 fully saturated rings. The maximum atomic E-state index is 13.2. The van der Waals surface area contributed by atoms with E-state index in [2.05, 4.69) is 5.32 Å². The van der Waals surface area contributed by atoms with Gasteiger partial charge in [-0.3, -0.25) is 14.9 Å². The van der Waals surface area contributed by atoms with Crippen molar-refractivity contribution in [3.63, 3.8) is 0 Å². The monoisotopic (exact) mass is 359 g/mol. The van der Waals surface area contributed by atoms with Gasteiger partial charge < -0.3 is 10.2 Å². The van der Waals surface area contributed by atoms with Crippen LogP contribution in [0.1, 0.15) is 22.0 Å². The van der Waals surface area contributed by atoms with E-state index in [9.17, 15) is 14.9 Å². The molecule has 0 bridgehead atoms. The number of nitrogens with one attached hydrogen (secondary N) is 1. The highest BCUT2D eigenvalue weighted by Crippen LogP contribution is 2.36. The van der Waals surface area contributed by atoms with E-state index in [4.69, 9.17) is 0 Å². The lowest BCUT2D eigenvalue weighted by Crippen LogP contribution is -2.40. The minimum absolute atomic E-state index is 0.0660. The van der Waals surface area contributed by atoms with Crippen LogP contribution in [0, 0.1) is 10.1 Å². The number of carbonyl (C=O) groups excluding carboxylic acids is 1. The fourth-order valence-electron chi connectivity index (χ4n) is 3.32. The van der Waals surface area contributed by atoms with Crippen molar-refractivity contribution in [1.29, 1.82) is 0 Å². The lowest BCUT2D eigenvalue weighted by Gasteiger charge is -2.36. The summed E-state index contributed by atoms with van der Waals surface area (Å²) in [5.41, 5.74) is 2.90. The minimum Gasteiger partial charge on any atom is -0.375 e. The van der Waals surface area contributed by atoms with E-state index < -0.39 is 4.92 Å². The second-order valence-corrected chi connectivity index (χ2v) is 6.35. The number of amides is 1. The van der Waals surface area contributed by atoms with E-state index in [0.29, 0.717) is 12.1 Å². The quantitative estimate of drug-likeness (QED) is 0.555. The molecule has 0 spiro atoms. The number of nitro benzene ring substituents is 1. The summed E-state index contributed by atoms with van der Waals surface area (Å²) in [6.07, 6.45) is 0. The van der Waals surface area contributed by atoms with Crippen LogP contribution in [0.3, 0.4) is 0 Å². The number of benzene rings is 3. The Morgan fingerprint density at radius 3 is 2.52 bits per heavy atom. The average molecular weight is 359 g/mol. The van der Waals surface area contributed by atoms with E-state index in [1.807, 2.05) is 54.6 Å². The minimum atomic E-state index is -0.491. The van der Waals surface area contributed by atoms with Gasteiger partial charge in [0, 0.05) is 17.7 Å². The maximum Gasteiger partial charge on any atom is 0.270 e. The molecule has 1 unspecified atom stereocenters. The smallest absolute Gasteiger partial charge is 0.270 e. The maximum absolute atomic E-state index is 13.2. The number of nitrogens with zero attached hydrogens (tertiary/aromatic N) is 2. The van der Waals surface area contributed by atoms with Gasteiger partial charge in [-0.25, -0.2) is 0 Å². The standard InChI is InChI=1S/C21H17N3O3/c25-21(16-9-6-10-17(13-16)24(26)27)23-14-19(15-7-2-1-3-8-15)22-18-11-4-5-12-20(18)23/h1-13,19,22H,14H2. The molecule has 1 N–H and O–H groups in total. The number of para-hydroxylation sites is 2. The van der Waals surface area contributed by atoms with Gasteiger partial charge in [0.25, 0.3) is 11.6 Å². The number of non-ortho nitro benzene ring substituents is 1. The Labute approximate surface area is 156 Å². The van der Waals surface area contributed by atoms with Gasteiger partial charge >= 0.3 is 0 Å². The third-order valence-electron chi connectivity index (χ3n) is 4.64. The van der Waals surface area contributed by atoms with Gasteiger partial charge in [0.2, 0.25) is 0 Å². The lowest BCUT2D eigenvalue weighted by atomic mass is 10.0. The summed E-state index contributed by atoms with van der Waals surface area (Å²) in [6.45, 7) is 0.433. The second kappa shape index (κ2) is 6.92. The number of fused-ring (bicyclic) bond motifs is 1. The van der Waals surface area contributed by atoms with E-state index in [0.717, 1.165) is 16.9 Å². The number of rotatable bonds is 3. The van der Waals surface area contributed by atoms with E-state index >= 15 is 0 Å². The van der Waals surface area contributed by atoms with Gasteiger partial charge in [-0.05, 0) is 23.8 Å². The molecule has 6 heteroatoms. The summed E-state index contributed by atoms with van der Waals surface area (Å²) in [4.78, 5) is 25.4. The average Bonchev–Trinajstić information content (AvgIpc) is 2.73. The van der Waals surface area contributed by atoms with Gasteiger partial charge in [0.15, 0.2) is 0 Å². The van der Waals surface area contributed by atoms with Crippen LogP contribution in [0.4, 0.5) is 17.1 Å². The molecule has 134 valence electrons. The third-order valence-corrected chi connectivity index (χ3v) is 4.64. The highest BCUT2D eigenvalue weighted by molar-refractivity contribution is 6.08. The molecule has 1 aliphatic rings. The zero-order chi connectivity index (χ0) is 18.8. The molecular formula is C21H17N3O3. The van der Waals surface area contributed by atoms with Gasteiger partial charge in [-0.2, -0.15) is 0 Å². The number of carbonyl (C=O) groups is 1. The molecular weight excluding hydrogens is 342 g/mol. The van der Waals surface area contributed by atoms with Crippen LogP contribution in [0.2, 0.25) is 0 Å². The fraction of sp³-hybridized carbons (Fsp3) is 0.0952. The Morgan fingerprint density at radius 2 is 1.74 bits per heavy atom. The van der Waals surface area contributed by atoms with Gasteiger partial charge in [0.1, 0.15) is 0 Å². The van der Waals surface area contributed by atoms with Crippen molar-refractivity contribution >= 4 is 23.0 Å². The van der Waals surface area contributed by atoms with Crippen LogP contribution < -0.4 is 10.2 Å². The van der Waals surface area contributed by atoms with Crippen molar-refractivity contribution in [2.24, 2.45) is 0 Å². The first-order valence-corrected chi connectivity index (χ1v) is 8.60. The second-order valence-electron chi connectivity index (χ2n) is 6.35. The molecule has 0 saturated heterocycles. The van der Waals surface area contributed by atoms with Crippen LogP contribution in [-0.2, 0) is 0 Å². The van der Waals surface area contributed by atoms with Crippen molar-refractivity contribution in [1.82, 2.24) is 0 Å². The third kappa shape index (κ3) is 3.25. The van der Waals surface area contributed by atoms with Crippen LogP contribution in [-0.4, -0.2) is 17.4 Å². The molecule has 4 rings (SSSR count). The highest BCUT2D eigenvalue weighted by Gasteiger charge is 2.29. The molecule has 1 amide bonds. The summed E-state index contributed by atoms with van der Waals surface area (Å²) in [5.74, 6) is -0.256. The van der Waals surface area contributed by atoms with Crippen LogP contribution >= 0.6 is 0 Å². The number of hydrogen-bond donors (Lipinski definition) is 1. The summed E-state index contributed by atoms with van der Waals surface area (Å²) in [7, 11) is 0. The van der Waals surface area contributed by atoms with Crippen LogP contribution in [0.5, 0.6) is 0 Å². The lowest BCUT2D eigenvalue weighted by molar-refractivity contribution is -0.384. The van der Waals surface area contributed by atoms with Crippen molar-refractivity contribution in [3.05, 3.63) is 100 Å². The summed E-state index contributed by atoms with van der Waals surface area (Å²) in [6, 6.07) is 23.3. The van der Waals surface area contributed by atoms with Crippen molar-refractivity contribution in [3.8, 4) is 0 Å². The first kappa shape index (κ1) is 16.8. The van der Waals surface area contributed by atoms with Crippen molar-refractivity contribution in [2.45, 2.75) is 6.04 Å². The highest BCUT2D eigenvalue weighted by atomic mass is 16.6. The molecule has 27 heavy (non-hydrogen) atoms. The SMILES string of the molecule is O=C(c1cccc([N+](=O)[O-])c1)N1CC(c2ccccc2)Nc2ccccc21. The van der Waals surface area contributed by atoms with Crippen molar-refractivity contribution < 1.29 is 9.72 Å². The number of nitro groups is 1. The molecule has 1 atom stereocenters. The molecule has 3 aromatic rings. The summed E-state index contributed by atoms with van der Waals surface area (Å²) >= 11 is 0. The van der Waals surface area contributed by atoms with Gasteiger partial charge in [-0.15, -0.1) is 0 Å².